The maximum atomic E-state index is 10.4. The number of aromatic nitrogens is 4. The number of anilines is 1. The van der Waals surface area contributed by atoms with E-state index < -0.39 is 35.9 Å². The Morgan fingerprint density at radius 1 is 1.19 bits per heavy atom. The number of hydrogen-bond donors (Lipinski definition) is 5. The van der Waals surface area contributed by atoms with Crippen molar-refractivity contribution in [2.45, 2.75) is 36.4 Å². The molecule has 0 saturated heterocycles. The number of rotatable bonds is 1. The van der Waals surface area contributed by atoms with Gasteiger partial charge in [0.15, 0.2) is 11.5 Å². The van der Waals surface area contributed by atoms with E-state index in [1.54, 1.807) is 0 Å². The van der Waals surface area contributed by atoms with Gasteiger partial charge in [0.1, 0.15) is 23.5 Å². The van der Waals surface area contributed by atoms with Gasteiger partial charge in [0.05, 0.1) is 24.6 Å². The van der Waals surface area contributed by atoms with Gasteiger partial charge in [0.2, 0.25) is 0 Å². The van der Waals surface area contributed by atoms with Crippen LogP contribution in [0.15, 0.2) is 12.7 Å². The molecule has 4 rings (SSSR count). The zero-order chi connectivity index (χ0) is 14.9. The van der Waals surface area contributed by atoms with Crippen LogP contribution < -0.4 is 5.73 Å². The smallest absolute Gasteiger partial charge is 0.165 e. The summed E-state index contributed by atoms with van der Waals surface area (Å²) in [5.41, 5.74) is 4.77. The molecule has 2 aromatic heterocycles. The summed E-state index contributed by atoms with van der Waals surface area (Å²) in [4.78, 5) is 12.0. The monoisotopic (exact) mass is 293 g/mol. The number of nitrogens with zero attached hydrogens (tertiary/aromatic N) is 4. The first kappa shape index (κ1) is 12.9. The van der Waals surface area contributed by atoms with Crippen molar-refractivity contribution in [3.63, 3.8) is 0 Å². The van der Waals surface area contributed by atoms with E-state index in [9.17, 15) is 20.4 Å². The molecule has 9 nitrogen and oxygen atoms in total. The molecule has 0 amide bonds. The highest BCUT2D eigenvalue weighted by atomic mass is 16.4. The molecule has 2 fully saturated rings. The van der Waals surface area contributed by atoms with E-state index in [0.29, 0.717) is 11.2 Å². The average molecular weight is 293 g/mol. The number of fused-ring (bicyclic) bond motifs is 3. The molecule has 2 saturated carbocycles. The molecule has 21 heavy (non-hydrogen) atoms. The van der Waals surface area contributed by atoms with E-state index >= 15 is 0 Å². The minimum atomic E-state index is -1.72. The quantitative estimate of drug-likeness (QED) is 0.397. The van der Waals surface area contributed by atoms with Crippen LogP contribution in [0, 0.1) is 5.92 Å². The molecule has 0 aliphatic heterocycles. The molecule has 6 atom stereocenters. The first-order valence-electron chi connectivity index (χ1n) is 6.64. The van der Waals surface area contributed by atoms with Crippen molar-refractivity contribution < 1.29 is 20.4 Å². The van der Waals surface area contributed by atoms with Crippen LogP contribution in [0.2, 0.25) is 0 Å². The third-order valence-electron chi connectivity index (χ3n) is 4.80. The van der Waals surface area contributed by atoms with Crippen molar-refractivity contribution in [1.82, 2.24) is 19.5 Å². The summed E-state index contributed by atoms with van der Waals surface area (Å²) >= 11 is 0. The van der Waals surface area contributed by atoms with Gasteiger partial charge in [-0.3, -0.25) is 0 Å². The van der Waals surface area contributed by atoms with E-state index in [4.69, 9.17) is 5.73 Å². The van der Waals surface area contributed by atoms with E-state index in [0.717, 1.165) is 0 Å². The average Bonchev–Trinajstić information content (AvgIpc) is 3.00. The lowest BCUT2D eigenvalue weighted by Gasteiger charge is -2.34. The number of imidazole rings is 1. The predicted octanol–water partition coefficient (Wildman–Crippen LogP) is -2.20. The third-order valence-corrected chi connectivity index (χ3v) is 4.80. The second-order valence-electron chi connectivity index (χ2n) is 5.80. The van der Waals surface area contributed by atoms with E-state index in [1.165, 1.54) is 17.2 Å². The largest absolute Gasteiger partial charge is 0.393 e. The Hall–Kier alpha value is -1.81. The third kappa shape index (κ3) is 1.41. The molecule has 0 radical (unpaired) electrons. The van der Waals surface area contributed by atoms with Crippen molar-refractivity contribution in [3.8, 4) is 0 Å². The van der Waals surface area contributed by atoms with E-state index in [2.05, 4.69) is 15.0 Å². The summed E-state index contributed by atoms with van der Waals surface area (Å²) in [5.74, 6) is -0.491. The zero-order valence-electron chi connectivity index (χ0n) is 10.9. The van der Waals surface area contributed by atoms with Crippen molar-refractivity contribution >= 4 is 17.0 Å². The molecule has 2 aromatic rings. The first-order chi connectivity index (χ1) is 9.95. The highest BCUT2D eigenvalue weighted by molar-refractivity contribution is 5.81. The second-order valence-corrected chi connectivity index (χ2v) is 5.80. The van der Waals surface area contributed by atoms with Gasteiger partial charge in [-0.25, -0.2) is 15.0 Å². The van der Waals surface area contributed by atoms with Crippen LogP contribution in [0.3, 0.4) is 0 Å². The van der Waals surface area contributed by atoms with Gasteiger partial charge in [-0.15, -0.1) is 0 Å². The summed E-state index contributed by atoms with van der Waals surface area (Å²) < 4.78 is 1.53. The van der Waals surface area contributed by atoms with Crippen molar-refractivity contribution in [1.29, 1.82) is 0 Å². The zero-order valence-corrected chi connectivity index (χ0v) is 10.9. The molecule has 2 aliphatic rings. The molecular weight excluding hydrogens is 278 g/mol. The predicted molar refractivity (Wildman–Crippen MR) is 69.8 cm³/mol. The van der Waals surface area contributed by atoms with Crippen LogP contribution in [0.5, 0.6) is 0 Å². The number of aliphatic hydroxyl groups excluding tert-OH is 3. The lowest BCUT2D eigenvalue weighted by molar-refractivity contribution is -0.120. The van der Waals surface area contributed by atoms with Crippen LogP contribution in [0.25, 0.3) is 11.2 Å². The molecule has 2 heterocycles. The maximum Gasteiger partial charge on any atom is 0.165 e. The fourth-order valence-electron chi connectivity index (χ4n) is 3.78. The molecule has 0 unspecified atom stereocenters. The first-order valence-corrected chi connectivity index (χ1v) is 6.64. The van der Waals surface area contributed by atoms with Crippen molar-refractivity contribution in [2.24, 2.45) is 5.92 Å². The summed E-state index contributed by atoms with van der Waals surface area (Å²) in [6.45, 7) is 0. The molecule has 0 spiro atoms. The summed E-state index contributed by atoms with van der Waals surface area (Å²) in [6, 6.07) is -0.729. The molecular formula is C12H15N5O4. The lowest BCUT2D eigenvalue weighted by Crippen LogP contribution is -2.48. The Labute approximate surface area is 118 Å². The summed E-state index contributed by atoms with van der Waals surface area (Å²) in [6.07, 6.45) is -0.696. The minimum Gasteiger partial charge on any atom is -0.393 e. The lowest BCUT2D eigenvalue weighted by atomic mass is 9.88. The minimum absolute atomic E-state index is 0.0553. The summed E-state index contributed by atoms with van der Waals surface area (Å²) in [5, 5.41) is 41.0. The van der Waals surface area contributed by atoms with Crippen LogP contribution >= 0.6 is 0 Å². The topological polar surface area (TPSA) is 151 Å². The van der Waals surface area contributed by atoms with Crippen molar-refractivity contribution in [3.05, 3.63) is 12.7 Å². The van der Waals surface area contributed by atoms with Gasteiger partial charge in [0.25, 0.3) is 0 Å². The molecule has 9 heteroatoms. The van der Waals surface area contributed by atoms with Crippen LogP contribution in [0.1, 0.15) is 12.5 Å². The Morgan fingerprint density at radius 2 is 1.95 bits per heavy atom. The van der Waals surface area contributed by atoms with Gasteiger partial charge < -0.3 is 30.7 Å². The molecule has 6 N–H and O–H groups in total. The summed E-state index contributed by atoms with van der Waals surface area (Å²) in [7, 11) is 0. The standard InChI is InChI=1S/C12H15N5O4/c13-10-6-11(15-2-14-10)17(3-16-6)7-5-4(18)1-12(21,8(5)19)9(7)20/h2-5,7-9,18-21H,1H2,(H2,13,14,15)/t4-,5+,7-,8-,9+,12-/m1/s1. The van der Waals surface area contributed by atoms with Crippen molar-refractivity contribution in [2.75, 3.05) is 5.73 Å². The SMILES string of the molecule is Nc1ncnc2c1ncn2[C@@H]1[C@@H]2[C@H](O)C[C@@](O)([C@@H]2O)[C@H]1O. The molecule has 2 bridgehead atoms. The van der Waals surface area contributed by atoms with Gasteiger partial charge >= 0.3 is 0 Å². The fraction of sp³-hybridized carbons (Fsp3) is 0.583. The Morgan fingerprint density at radius 3 is 2.67 bits per heavy atom. The van der Waals surface area contributed by atoms with Gasteiger partial charge in [-0.05, 0) is 0 Å². The number of nitrogens with two attached hydrogens (primary N) is 1. The van der Waals surface area contributed by atoms with Crippen LogP contribution in [0.4, 0.5) is 5.82 Å². The maximum absolute atomic E-state index is 10.4. The van der Waals surface area contributed by atoms with Gasteiger partial charge in [-0.1, -0.05) is 0 Å². The number of hydrogen-bond acceptors (Lipinski definition) is 8. The van der Waals surface area contributed by atoms with Gasteiger partial charge in [0, 0.05) is 12.3 Å². The number of nitrogen functional groups attached to an aromatic ring is 1. The van der Waals surface area contributed by atoms with E-state index in [1.807, 2.05) is 0 Å². The van der Waals surface area contributed by atoms with Crippen LogP contribution in [-0.2, 0) is 0 Å². The highest BCUT2D eigenvalue weighted by Gasteiger charge is 2.68. The molecule has 2 aliphatic carbocycles. The van der Waals surface area contributed by atoms with Crippen LogP contribution in [-0.4, -0.2) is 63.9 Å². The Bertz CT molecular complexity index is 721. The Kier molecular flexibility index (Phi) is 2.39. The fourth-order valence-corrected chi connectivity index (χ4v) is 3.78. The molecule has 0 aromatic carbocycles. The number of aliphatic hydroxyl groups is 4. The Balaban J connectivity index is 1.88. The molecule has 112 valence electrons. The second kappa shape index (κ2) is 3.89. The van der Waals surface area contributed by atoms with E-state index in [-0.39, 0.29) is 12.2 Å². The van der Waals surface area contributed by atoms with Gasteiger partial charge in [-0.2, -0.15) is 0 Å². The highest BCUT2D eigenvalue weighted by Crippen LogP contribution is 2.54. The normalized spacial score (nSPS) is 42.0.